The molecule has 1 N–H and O–H groups in total. The molecular formula is C6H7N3O3S. The predicted molar refractivity (Wildman–Crippen MR) is 44.3 cm³/mol. The number of carbonyl (C=O) groups excluding carboxylic acids is 1. The van der Waals surface area contributed by atoms with E-state index in [0.717, 1.165) is 6.26 Å². The van der Waals surface area contributed by atoms with E-state index in [4.69, 9.17) is 0 Å². The van der Waals surface area contributed by atoms with E-state index in [1.165, 1.54) is 18.6 Å². The van der Waals surface area contributed by atoms with E-state index in [-0.39, 0.29) is 5.69 Å². The van der Waals surface area contributed by atoms with Crippen molar-refractivity contribution in [3.63, 3.8) is 0 Å². The van der Waals surface area contributed by atoms with Crippen molar-refractivity contribution >= 4 is 15.9 Å². The second-order valence-electron chi connectivity index (χ2n) is 2.29. The second kappa shape index (κ2) is 3.48. The largest absolute Gasteiger partial charge is 0.284 e. The van der Waals surface area contributed by atoms with Gasteiger partial charge in [0.05, 0.1) is 12.5 Å². The molecule has 0 saturated carbocycles. The molecule has 1 amide bonds. The second-order valence-corrected chi connectivity index (χ2v) is 4.04. The van der Waals surface area contributed by atoms with E-state index in [1.54, 1.807) is 4.72 Å². The molecule has 7 heteroatoms. The summed E-state index contributed by atoms with van der Waals surface area (Å²) in [6, 6.07) is 0. The van der Waals surface area contributed by atoms with E-state index in [0.29, 0.717) is 0 Å². The molecule has 0 spiro atoms. The van der Waals surface area contributed by atoms with E-state index in [9.17, 15) is 13.2 Å². The minimum absolute atomic E-state index is 0.0343. The molecule has 0 aromatic carbocycles. The number of carbonyl (C=O) groups is 1. The number of aromatic nitrogens is 2. The summed E-state index contributed by atoms with van der Waals surface area (Å²) >= 11 is 0. The Balaban J connectivity index is 2.82. The van der Waals surface area contributed by atoms with Gasteiger partial charge in [0, 0.05) is 12.4 Å². The van der Waals surface area contributed by atoms with Crippen molar-refractivity contribution in [1.29, 1.82) is 0 Å². The van der Waals surface area contributed by atoms with Gasteiger partial charge in [-0.25, -0.2) is 18.1 Å². The van der Waals surface area contributed by atoms with Crippen LogP contribution >= 0.6 is 0 Å². The molecule has 0 radical (unpaired) electrons. The maximum atomic E-state index is 11.1. The molecule has 6 nitrogen and oxygen atoms in total. The smallest absolute Gasteiger partial charge is 0.266 e. The normalized spacial score (nSPS) is 10.8. The quantitative estimate of drug-likeness (QED) is 0.674. The SMILES string of the molecule is CS(=O)(=O)NC(=O)c1cnccn1. The Kier molecular flexibility index (Phi) is 2.57. The van der Waals surface area contributed by atoms with Crippen molar-refractivity contribution in [3.05, 3.63) is 24.3 Å². The molecule has 0 unspecified atom stereocenters. The van der Waals surface area contributed by atoms with Crippen LogP contribution in [0.2, 0.25) is 0 Å². The number of rotatable bonds is 2. The third kappa shape index (κ3) is 3.16. The number of sulfonamides is 1. The Morgan fingerprint density at radius 1 is 1.46 bits per heavy atom. The Bertz CT molecular complexity index is 400. The first-order valence-corrected chi connectivity index (χ1v) is 5.16. The molecule has 1 rings (SSSR count). The van der Waals surface area contributed by atoms with Crippen LogP contribution in [0.5, 0.6) is 0 Å². The van der Waals surface area contributed by atoms with Crippen molar-refractivity contribution in [3.8, 4) is 0 Å². The molecule has 0 bridgehead atoms. The summed E-state index contributed by atoms with van der Waals surface area (Å²) in [6.45, 7) is 0. The van der Waals surface area contributed by atoms with Crippen LogP contribution in [-0.2, 0) is 10.0 Å². The van der Waals surface area contributed by atoms with Crippen LogP contribution in [0, 0.1) is 0 Å². The lowest BCUT2D eigenvalue weighted by atomic mass is 10.4. The van der Waals surface area contributed by atoms with Gasteiger partial charge in [0.15, 0.2) is 0 Å². The maximum absolute atomic E-state index is 11.1. The molecule has 0 aliphatic rings. The minimum Gasteiger partial charge on any atom is -0.266 e. The summed E-state index contributed by atoms with van der Waals surface area (Å²) in [7, 11) is -3.54. The van der Waals surface area contributed by atoms with Gasteiger partial charge in [-0.05, 0) is 0 Å². The molecule has 1 heterocycles. The molecule has 0 saturated heterocycles. The summed E-state index contributed by atoms with van der Waals surface area (Å²) in [5.41, 5.74) is -0.0343. The Morgan fingerprint density at radius 3 is 2.62 bits per heavy atom. The monoisotopic (exact) mass is 201 g/mol. The number of hydrogen-bond acceptors (Lipinski definition) is 5. The van der Waals surface area contributed by atoms with Gasteiger partial charge in [0.1, 0.15) is 5.69 Å². The molecule has 13 heavy (non-hydrogen) atoms. The minimum atomic E-state index is -3.54. The Hall–Kier alpha value is -1.50. The zero-order valence-corrected chi connectivity index (χ0v) is 7.58. The Labute approximate surface area is 75.1 Å². The van der Waals surface area contributed by atoms with Crippen LogP contribution in [0.25, 0.3) is 0 Å². The molecule has 70 valence electrons. The van der Waals surface area contributed by atoms with E-state index in [2.05, 4.69) is 9.97 Å². The summed E-state index contributed by atoms with van der Waals surface area (Å²) in [5, 5.41) is 0. The topological polar surface area (TPSA) is 89.0 Å². The van der Waals surface area contributed by atoms with Crippen molar-refractivity contribution in [2.75, 3.05) is 6.26 Å². The fourth-order valence-corrected chi connectivity index (χ4v) is 1.08. The fraction of sp³-hybridized carbons (Fsp3) is 0.167. The first-order chi connectivity index (χ1) is 5.99. The summed E-state index contributed by atoms with van der Waals surface area (Å²) in [6.07, 6.45) is 4.76. The number of hydrogen-bond donors (Lipinski definition) is 1. The lowest BCUT2D eigenvalue weighted by Gasteiger charge is -1.99. The average Bonchev–Trinajstić information content (AvgIpc) is 2.03. The van der Waals surface area contributed by atoms with Crippen LogP contribution in [0.3, 0.4) is 0 Å². The van der Waals surface area contributed by atoms with Gasteiger partial charge in [-0.15, -0.1) is 0 Å². The average molecular weight is 201 g/mol. The number of nitrogens with one attached hydrogen (secondary N) is 1. The molecule has 1 aromatic heterocycles. The van der Waals surface area contributed by atoms with Gasteiger partial charge in [-0.3, -0.25) is 9.78 Å². The van der Waals surface area contributed by atoms with E-state index in [1.807, 2.05) is 0 Å². The van der Waals surface area contributed by atoms with Crippen LogP contribution < -0.4 is 4.72 Å². The first kappa shape index (κ1) is 9.59. The van der Waals surface area contributed by atoms with Crippen LogP contribution in [0.1, 0.15) is 10.5 Å². The van der Waals surface area contributed by atoms with Crippen molar-refractivity contribution in [2.24, 2.45) is 0 Å². The standard InChI is InChI=1S/C6H7N3O3S/c1-13(11,12)9-6(10)5-4-7-2-3-8-5/h2-4H,1H3,(H,9,10). The zero-order valence-electron chi connectivity index (χ0n) is 6.76. The highest BCUT2D eigenvalue weighted by atomic mass is 32.2. The lowest BCUT2D eigenvalue weighted by molar-refractivity contribution is 0.0976. The fourth-order valence-electron chi connectivity index (χ4n) is 0.637. The highest BCUT2D eigenvalue weighted by Crippen LogP contribution is 1.90. The van der Waals surface area contributed by atoms with Gasteiger partial charge in [-0.2, -0.15) is 0 Å². The maximum Gasteiger partial charge on any atom is 0.284 e. The summed E-state index contributed by atoms with van der Waals surface area (Å²) in [5.74, 6) is -0.782. The number of amides is 1. The van der Waals surface area contributed by atoms with Crippen molar-refractivity contribution in [1.82, 2.24) is 14.7 Å². The summed E-state index contributed by atoms with van der Waals surface area (Å²) < 4.78 is 23.0. The van der Waals surface area contributed by atoms with Gasteiger partial charge >= 0.3 is 0 Å². The third-order valence-corrected chi connectivity index (χ3v) is 1.63. The lowest BCUT2D eigenvalue weighted by Crippen LogP contribution is -2.29. The third-order valence-electron chi connectivity index (χ3n) is 1.07. The summed E-state index contributed by atoms with van der Waals surface area (Å²) in [4.78, 5) is 18.3. The van der Waals surface area contributed by atoms with Crippen molar-refractivity contribution in [2.45, 2.75) is 0 Å². The highest BCUT2D eigenvalue weighted by molar-refractivity contribution is 7.89. The van der Waals surface area contributed by atoms with Gasteiger partial charge < -0.3 is 0 Å². The molecule has 0 atom stereocenters. The molecule has 0 fully saturated rings. The van der Waals surface area contributed by atoms with Crippen LogP contribution in [0.4, 0.5) is 0 Å². The van der Waals surface area contributed by atoms with Crippen LogP contribution in [-0.4, -0.2) is 30.5 Å². The van der Waals surface area contributed by atoms with Gasteiger partial charge in [0.25, 0.3) is 5.91 Å². The van der Waals surface area contributed by atoms with Gasteiger partial charge in [0.2, 0.25) is 10.0 Å². The Morgan fingerprint density at radius 2 is 2.15 bits per heavy atom. The van der Waals surface area contributed by atoms with E-state index >= 15 is 0 Å². The molecule has 0 aliphatic carbocycles. The predicted octanol–water partition coefficient (Wildman–Crippen LogP) is -0.834. The molecule has 1 aromatic rings. The van der Waals surface area contributed by atoms with Crippen molar-refractivity contribution < 1.29 is 13.2 Å². The molecular weight excluding hydrogens is 194 g/mol. The number of nitrogens with zero attached hydrogens (tertiary/aromatic N) is 2. The first-order valence-electron chi connectivity index (χ1n) is 3.27. The highest BCUT2D eigenvalue weighted by Gasteiger charge is 2.11. The van der Waals surface area contributed by atoms with Crippen LogP contribution in [0.15, 0.2) is 18.6 Å². The van der Waals surface area contributed by atoms with Gasteiger partial charge in [-0.1, -0.05) is 0 Å². The zero-order chi connectivity index (χ0) is 9.90. The molecule has 0 aliphatic heterocycles. The van der Waals surface area contributed by atoms with E-state index < -0.39 is 15.9 Å².